The zero-order valence-corrected chi connectivity index (χ0v) is 12.2. The second-order valence-corrected chi connectivity index (χ2v) is 5.26. The molecule has 2 N–H and O–H groups in total. The Morgan fingerprint density at radius 2 is 1.79 bits per heavy atom. The molecule has 2 aliphatic rings. The van der Waals surface area contributed by atoms with Gasteiger partial charge in [-0.2, -0.15) is 0 Å². The number of aliphatic hydroxyl groups excluding tert-OH is 1. The molecule has 0 saturated heterocycles. The quantitative estimate of drug-likeness (QED) is 0.652. The molecule has 2 heterocycles. The number of allylic oxidation sites excluding steroid dienone is 1. The molecule has 0 atom stereocenters. The third kappa shape index (κ3) is 2.01. The number of anilines is 2. The van der Waals surface area contributed by atoms with Gasteiger partial charge in [0, 0.05) is 6.08 Å². The maximum Gasteiger partial charge on any atom is 0.281 e. The van der Waals surface area contributed by atoms with Crippen molar-refractivity contribution in [1.29, 1.82) is 0 Å². The van der Waals surface area contributed by atoms with Crippen LogP contribution in [0.4, 0.5) is 15.8 Å². The fourth-order valence-corrected chi connectivity index (χ4v) is 2.74. The smallest absolute Gasteiger partial charge is 0.281 e. The van der Waals surface area contributed by atoms with Gasteiger partial charge in [-0.3, -0.25) is 15.1 Å². The molecule has 24 heavy (non-hydrogen) atoms. The summed E-state index contributed by atoms with van der Waals surface area (Å²) in [5.74, 6) is -0.612. The van der Waals surface area contributed by atoms with Crippen molar-refractivity contribution in [3.05, 3.63) is 87.7 Å². The molecule has 0 radical (unpaired) electrons. The number of fused-ring (bicyclic) bond motifs is 3. The minimum absolute atomic E-state index is 0.105. The van der Waals surface area contributed by atoms with Crippen LogP contribution in [0.2, 0.25) is 0 Å². The minimum atomic E-state index is -0.489. The lowest BCUT2D eigenvalue weighted by molar-refractivity contribution is -0.375. The molecule has 120 valence electrons. The van der Waals surface area contributed by atoms with Gasteiger partial charge in [-0.25, -0.2) is 9.40 Å². The number of hydrogen-bond donors (Lipinski definition) is 2. The van der Waals surface area contributed by atoms with Crippen LogP contribution in [0.1, 0.15) is 5.56 Å². The van der Waals surface area contributed by atoms with E-state index in [0.29, 0.717) is 16.9 Å². The van der Waals surface area contributed by atoms with Gasteiger partial charge in [-0.15, -0.1) is 5.53 Å². The lowest BCUT2D eigenvalue weighted by Crippen LogP contribution is -2.42. The van der Waals surface area contributed by atoms with Crippen LogP contribution in [0.25, 0.3) is 5.70 Å². The molecule has 2 aromatic rings. The second kappa shape index (κ2) is 5.07. The highest BCUT2D eigenvalue weighted by molar-refractivity contribution is 5.82. The monoisotopic (exact) mass is 326 g/mol. The summed E-state index contributed by atoms with van der Waals surface area (Å²) in [6, 6.07) is 12.3. The Morgan fingerprint density at radius 3 is 2.50 bits per heavy atom. The zero-order chi connectivity index (χ0) is 16.8. The van der Waals surface area contributed by atoms with E-state index in [1.54, 1.807) is 29.3 Å². The summed E-state index contributed by atoms with van der Waals surface area (Å²) < 4.78 is 13.1. The Bertz CT molecular complexity index is 908. The predicted octanol–water partition coefficient (Wildman–Crippen LogP) is 2.93. The summed E-state index contributed by atoms with van der Waals surface area (Å²) in [6.07, 6.45) is 1.30. The molecule has 7 nitrogen and oxygen atoms in total. The number of hydrazine groups is 2. The van der Waals surface area contributed by atoms with Gasteiger partial charge in [0.1, 0.15) is 11.5 Å². The van der Waals surface area contributed by atoms with E-state index in [1.165, 1.54) is 35.4 Å². The first kappa shape index (κ1) is 14.2. The molecule has 4 rings (SSSR count). The van der Waals surface area contributed by atoms with E-state index in [1.807, 2.05) is 0 Å². The van der Waals surface area contributed by atoms with Crippen LogP contribution >= 0.6 is 0 Å². The zero-order valence-electron chi connectivity index (χ0n) is 12.2. The van der Waals surface area contributed by atoms with E-state index >= 15 is 0 Å². The average Bonchev–Trinajstić information content (AvgIpc) is 2.92. The molecule has 0 aliphatic carbocycles. The first-order valence-corrected chi connectivity index (χ1v) is 7.07. The van der Waals surface area contributed by atoms with Gasteiger partial charge in [0.15, 0.2) is 0 Å². The van der Waals surface area contributed by atoms with Gasteiger partial charge >= 0.3 is 0 Å². The van der Waals surface area contributed by atoms with E-state index in [-0.39, 0.29) is 17.3 Å². The highest BCUT2D eigenvalue weighted by atomic mass is 19.1. The van der Waals surface area contributed by atoms with Crippen LogP contribution in [0.15, 0.2) is 66.2 Å². The van der Waals surface area contributed by atoms with Crippen molar-refractivity contribution in [3.63, 3.8) is 0 Å². The number of hydrogen-bond acceptors (Lipinski definition) is 6. The first-order chi connectivity index (χ1) is 11.6. The normalized spacial score (nSPS) is 16.0. The number of para-hydroxylation sites is 1. The number of nitro groups is 1. The summed E-state index contributed by atoms with van der Waals surface area (Å²) in [7, 11) is 0. The predicted molar refractivity (Wildman–Crippen MR) is 85.6 cm³/mol. The maximum absolute atomic E-state index is 13.1. The molecule has 0 spiro atoms. The standard InChI is InChI=1S/C16H11FN4O3/c17-10-5-7-11(8-6-10)19-16(22)15-9-14(21(23)24)12-3-1-2-4-13(12)20(15)18-19/h1-9,18,22H. The van der Waals surface area contributed by atoms with Crippen molar-refractivity contribution in [1.82, 2.24) is 5.53 Å². The Kier molecular flexibility index (Phi) is 3.00. The number of nitrogens with one attached hydrogen (secondary N) is 1. The van der Waals surface area contributed by atoms with Crippen molar-refractivity contribution in [2.45, 2.75) is 0 Å². The molecule has 0 fully saturated rings. The van der Waals surface area contributed by atoms with Crippen molar-refractivity contribution in [3.8, 4) is 0 Å². The fourth-order valence-electron chi connectivity index (χ4n) is 2.74. The summed E-state index contributed by atoms with van der Waals surface area (Å²) in [5, 5.41) is 24.7. The lowest BCUT2D eigenvalue weighted by Gasteiger charge is -2.26. The number of nitrogens with zero attached hydrogens (tertiary/aromatic N) is 3. The molecule has 0 bridgehead atoms. The first-order valence-electron chi connectivity index (χ1n) is 7.07. The number of aliphatic hydroxyl groups is 1. The SMILES string of the molecule is O=[N+]([O-])C1=CC2=C(O)N(c3ccc(F)cc3)NN2c2ccccc21. The Morgan fingerprint density at radius 1 is 1.08 bits per heavy atom. The van der Waals surface area contributed by atoms with E-state index < -0.39 is 10.7 Å². The molecule has 2 aliphatic heterocycles. The number of benzene rings is 2. The number of rotatable bonds is 2. The molecular formula is C16H11FN4O3. The summed E-state index contributed by atoms with van der Waals surface area (Å²) in [6.45, 7) is 0. The highest BCUT2D eigenvalue weighted by Gasteiger charge is 2.37. The van der Waals surface area contributed by atoms with Crippen molar-refractivity contribution in [2.24, 2.45) is 0 Å². The summed E-state index contributed by atoms with van der Waals surface area (Å²) in [5.41, 5.74) is 4.55. The Balaban J connectivity index is 1.84. The minimum Gasteiger partial charge on any atom is -0.492 e. The van der Waals surface area contributed by atoms with Gasteiger partial charge in [0.2, 0.25) is 5.88 Å². The second-order valence-electron chi connectivity index (χ2n) is 5.26. The van der Waals surface area contributed by atoms with Crippen LogP contribution in [0, 0.1) is 15.9 Å². The van der Waals surface area contributed by atoms with Crippen LogP contribution in [0.5, 0.6) is 0 Å². The van der Waals surface area contributed by atoms with Gasteiger partial charge in [-0.05, 0) is 36.4 Å². The molecule has 0 aromatic heterocycles. The third-order valence-corrected chi connectivity index (χ3v) is 3.86. The largest absolute Gasteiger partial charge is 0.492 e. The molecule has 0 unspecified atom stereocenters. The Labute approximate surface area is 135 Å². The third-order valence-electron chi connectivity index (χ3n) is 3.86. The van der Waals surface area contributed by atoms with Crippen LogP contribution in [0.3, 0.4) is 0 Å². The Hall–Kier alpha value is -3.39. The summed E-state index contributed by atoms with van der Waals surface area (Å²) in [4.78, 5) is 10.9. The number of halogens is 1. The molecule has 0 saturated carbocycles. The molecular weight excluding hydrogens is 315 g/mol. The molecule has 2 aromatic carbocycles. The molecule has 8 heteroatoms. The highest BCUT2D eigenvalue weighted by Crippen LogP contribution is 2.39. The van der Waals surface area contributed by atoms with Crippen molar-refractivity contribution in [2.75, 3.05) is 10.0 Å². The van der Waals surface area contributed by atoms with Crippen molar-refractivity contribution < 1.29 is 14.4 Å². The van der Waals surface area contributed by atoms with Gasteiger partial charge < -0.3 is 5.11 Å². The fraction of sp³-hybridized carbons (Fsp3) is 0. The van der Waals surface area contributed by atoms with Crippen LogP contribution in [-0.4, -0.2) is 10.0 Å². The maximum atomic E-state index is 13.1. The van der Waals surface area contributed by atoms with E-state index in [0.717, 1.165) is 0 Å². The van der Waals surface area contributed by atoms with Gasteiger partial charge in [0.25, 0.3) is 5.70 Å². The lowest BCUT2D eigenvalue weighted by atomic mass is 10.0. The van der Waals surface area contributed by atoms with Gasteiger partial charge in [-0.1, -0.05) is 12.1 Å². The van der Waals surface area contributed by atoms with E-state index in [2.05, 4.69) is 5.53 Å². The topological polar surface area (TPSA) is 81.9 Å². The molecule has 0 amide bonds. The van der Waals surface area contributed by atoms with Crippen LogP contribution < -0.4 is 15.6 Å². The van der Waals surface area contributed by atoms with Crippen molar-refractivity contribution >= 4 is 17.1 Å². The van der Waals surface area contributed by atoms with Gasteiger partial charge in [0.05, 0.1) is 21.9 Å². The van der Waals surface area contributed by atoms with E-state index in [4.69, 9.17) is 0 Å². The van der Waals surface area contributed by atoms with Crippen LogP contribution in [-0.2, 0) is 0 Å². The average molecular weight is 326 g/mol. The summed E-state index contributed by atoms with van der Waals surface area (Å²) >= 11 is 0. The van der Waals surface area contributed by atoms with E-state index in [9.17, 15) is 19.6 Å².